The van der Waals surface area contributed by atoms with Crippen molar-refractivity contribution in [3.63, 3.8) is 0 Å². The molecule has 1 aromatic heterocycles. The first kappa shape index (κ1) is 16.7. The SMILES string of the molecule is C[C@H]1CN(C(=O)NCc2ccn(C)c2)CCN1CC(F)(F)F. The van der Waals surface area contributed by atoms with Crippen LogP contribution < -0.4 is 5.32 Å². The lowest BCUT2D eigenvalue weighted by atomic mass is 10.2. The van der Waals surface area contributed by atoms with E-state index < -0.39 is 12.7 Å². The largest absolute Gasteiger partial charge is 0.401 e. The predicted molar refractivity (Wildman–Crippen MR) is 76.3 cm³/mol. The molecule has 5 nitrogen and oxygen atoms in total. The minimum absolute atomic E-state index is 0.234. The Labute approximate surface area is 127 Å². The number of rotatable bonds is 3. The van der Waals surface area contributed by atoms with Gasteiger partial charge < -0.3 is 14.8 Å². The molecule has 1 fully saturated rings. The molecule has 0 saturated carbocycles. The highest BCUT2D eigenvalue weighted by molar-refractivity contribution is 5.74. The molecule has 1 N–H and O–H groups in total. The van der Waals surface area contributed by atoms with Gasteiger partial charge in [0, 0.05) is 51.7 Å². The molecule has 0 unspecified atom stereocenters. The first-order valence-corrected chi connectivity index (χ1v) is 7.19. The fraction of sp³-hybridized carbons (Fsp3) is 0.643. The smallest absolute Gasteiger partial charge is 0.357 e. The van der Waals surface area contributed by atoms with Crippen LogP contribution in [0.5, 0.6) is 0 Å². The normalized spacial score (nSPS) is 20.2. The summed E-state index contributed by atoms with van der Waals surface area (Å²) < 4.78 is 39.2. The molecule has 0 aromatic carbocycles. The Morgan fingerprint density at radius 2 is 2.14 bits per heavy atom. The summed E-state index contributed by atoms with van der Waals surface area (Å²) in [5.41, 5.74) is 0.986. The zero-order chi connectivity index (χ0) is 16.3. The fourth-order valence-corrected chi connectivity index (χ4v) is 2.60. The molecule has 22 heavy (non-hydrogen) atoms. The van der Waals surface area contributed by atoms with Crippen LogP contribution in [0.1, 0.15) is 12.5 Å². The number of aromatic nitrogens is 1. The van der Waals surface area contributed by atoms with Crippen molar-refractivity contribution in [2.75, 3.05) is 26.2 Å². The van der Waals surface area contributed by atoms with Gasteiger partial charge in [0.05, 0.1) is 6.54 Å². The van der Waals surface area contributed by atoms with E-state index in [2.05, 4.69) is 5.32 Å². The van der Waals surface area contributed by atoms with Gasteiger partial charge in [-0.1, -0.05) is 0 Å². The maximum Gasteiger partial charge on any atom is 0.401 e. The third-order valence-corrected chi connectivity index (χ3v) is 3.77. The van der Waals surface area contributed by atoms with Crippen molar-refractivity contribution < 1.29 is 18.0 Å². The molecule has 124 valence electrons. The molecule has 1 aromatic rings. The van der Waals surface area contributed by atoms with Crippen LogP contribution in [-0.2, 0) is 13.6 Å². The number of carbonyl (C=O) groups excluding carboxylic acids is 1. The monoisotopic (exact) mass is 318 g/mol. The van der Waals surface area contributed by atoms with Gasteiger partial charge in [0.15, 0.2) is 0 Å². The highest BCUT2D eigenvalue weighted by Gasteiger charge is 2.35. The topological polar surface area (TPSA) is 40.5 Å². The Balaban J connectivity index is 1.80. The lowest BCUT2D eigenvalue weighted by molar-refractivity contribution is -0.153. The van der Waals surface area contributed by atoms with Crippen LogP contribution in [0.2, 0.25) is 0 Å². The molecule has 0 bridgehead atoms. The second kappa shape index (κ2) is 6.60. The maximum absolute atomic E-state index is 12.4. The van der Waals surface area contributed by atoms with Crippen molar-refractivity contribution in [2.45, 2.75) is 25.7 Å². The third kappa shape index (κ3) is 4.66. The summed E-state index contributed by atoms with van der Waals surface area (Å²) in [7, 11) is 1.90. The zero-order valence-electron chi connectivity index (χ0n) is 12.7. The summed E-state index contributed by atoms with van der Waals surface area (Å²) in [5, 5.41) is 2.80. The van der Waals surface area contributed by atoms with Crippen molar-refractivity contribution in [2.24, 2.45) is 7.05 Å². The standard InChI is InChI=1S/C14H21F3N4O/c1-11-8-20(5-6-21(11)10-14(15,16)17)13(22)18-7-12-3-4-19(2)9-12/h3-4,9,11H,5-8,10H2,1-2H3,(H,18,22)/t11-/m0/s1. The lowest BCUT2D eigenvalue weighted by Gasteiger charge is -2.39. The summed E-state index contributed by atoms with van der Waals surface area (Å²) in [6.45, 7) is 2.05. The average molecular weight is 318 g/mol. The number of halogens is 3. The highest BCUT2D eigenvalue weighted by Crippen LogP contribution is 2.20. The number of piperazine rings is 1. The van der Waals surface area contributed by atoms with Gasteiger partial charge in [0.25, 0.3) is 0 Å². The van der Waals surface area contributed by atoms with Crippen LogP contribution in [0.3, 0.4) is 0 Å². The molecule has 2 rings (SSSR count). The molecule has 0 spiro atoms. The van der Waals surface area contributed by atoms with E-state index in [1.54, 1.807) is 11.8 Å². The average Bonchev–Trinajstić information content (AvgIpc) is 2.83. The molecule has 0 radical (unpaired) electrons. The fourth-order valence-electron chi connectivity index (χ4n) is 2.60. The summed E-state index contributed by atoms with van der Waals surface area (Å²) in [6.07, 6.45) is -0.407. The predicted octanol–water partition coefficient (Wildman–Crippen LogP) is 1.80. The molecular formula is C14H21F3N4O. The van der Waals surface area contributed by atoms with E-state index in [1.165, 1.54) is 4.90 Å². The number of nitrogens with one attached hydrogen (secondary N) is 1. The van der Waals surface area contributed by atoms with E-state index in [9.17, 15) is 18.0 Å². The Hall–Kier alpha value is -1.70. The van der Waals surface area contributed by atoms with Crippen LogP contribution in [0, 0.1) is 0 Å². The summed E-state index contributed by atoms with van der Waals surface area (Å²) in [6, 6.07) is 1.37. The van der Waals surface area contributed by atoms with Crippen LogP contribution >= 0.6 is 0 Å². The van der Waals surface area contributed by atoms with Gasteiger partial charge in [-0.25, -0.2) is 4.79 Å². The van der Waals surface area contributed by atoms with Gasteiger partial charge in [-0.2, -0.15) is 13.2 Å². The molecule has 1 saturated heterocycles. The summed E-state index contributed by atoms with van der Waals surface area (Å²) in [5.74, 6) is 0. The molecule has 1 aliphatic rings. The number of nitrogens with zero attached hydrogens (tertiary/aromatic N) is 3. The molecule has 2 amide bonds. The van der Waals surface area contributed by atoms with Gasteiger partial charge in [-0.05, 0) is 18.6 Å². The van der Waals surface area contributed by atoms with E-state index in [0.717, 1.165) is 5.56 Å². The molecule has 8 heteroatoms. The number of hydrogen-bond acceptors (Lipinski definition) is 2. The highest BCUT2D eigenvalue weighted by atomic mass is 19.4. The number of carbonyl (C=O) groups is 1. The molecule has 1 atom stereocenters. The Bertz CT molecular complexity index is 514. The van der Waals surface area contributed by atoms with Crippen molar-refractivity contribution in [1.82, 2.24) is 19.7 Å². The molecule has 1 aliphatic heterocycles. The number of alkyl halides is 3. The van der Waals surface area contributed by atoms with Crippen LogP contribution in [0.25, 0.3) is 0 Å². The number of amides is 2. The maximum atomic E-state index is 12.4. The van der Waals surface area contributed by atoms with Gasteiger partial charge in [0.1, 0.15) is 0 Å². The lowest BCUT2D eigenvalue weighted by Crippen LogP contribution is -2.57. The third-order valence-electron chi connectivity index (χ3n) is 3.77. The second-order valence-corrected chi connectivity index (χ2v) is 5.72. The van der Waals surface area contributed by atoms with Gasteiger partial charge >= 0.3 is 12.2 Å². The Morgan fingerprint density at radius 3 is 2.68 bits per heavy atom. The van der Waals surface area contributed by atoms with Crippen LogP contribution in [0.4, 0.5) is 18.0 Å². The van der Waals surface area contributed by atoms with E-state index in [4.69, 9.17) is 0 Å². The van der Waals surface area contributed by atoms with E-state index in [1.807, 2.05) is 30.1 Å². The summed E-state index contributed by atoms with van der Waals surface area (Å²) in [4.78, 5) is 15.0. The molecular weight excluding hydrogens is 297 g/mol. The van der Waals surface area contributed by atoms with Crippen molar-refractivity contribution in [1.29, 1.82) is 0 Å². The Kier molecular flexibility index (Phi) is 5.00. The van der Waals surface area contributed by atoms with Crippen LogP contribution in [-0.4, -0.2) is 58.8 Å². The minimum Gasteiger partial charge on any atom is -0.357 e. The van der Waals surface area contributed by atoms with Crippen LogP contribution in [0.15, 0.2) is 18.5 Å². The van der Waals surface area contributed by atoms with Gasteiger partial charge in [0.2, 0.25) is 0 Å². The number of aryl methyl sites for hydroxylation is 1. The first-order valence-electron chi connectivity index (χ1n) is 7.19. The first-order chi connectivity index (χ1) is 10.2. The second-order valence-electron chi connectivity index (χ2n) is 5.72. The summed E-state index contributed by atoms with van der Waals surface area (Å²) >= 11 is 0. The zero-order valence-corrected chi connectivity index (χ0v) is 12.7. The van der Waals surface area contributed by atoms with Crippen molar-refractivity contribution in [3.05, 3.63) is 24.0 Å². The minimum atomic E-state index is -4.20. The van der Waals surface area contributed by atoms with Crippen molar-refractivity contribution >= 4 is 6.03 Å². The number of urea groups is 1. The van der Waals surface area contributed by atoms with Gasteiger partial charge in [-0.3, -0.25) is 4.90 Å². The van der Waals surface area contributed by atoms with Gasteiger partial charge in [-0.15, -0.1) is 0 Å². The Morgan fingerprint density at radius 1 is 1.41 bits per heavy atom. The molecule has 0 aliphatic carbocycles. The molecule has 2 heterocycles. The van der Waals surface area contributed by atoms with E-state index >= 15 is 0 Å². The van der Waals surface area contributed by atoms with E-state index in [0.29, 0.717) is 19.6 Å². The van der Waals surface area contributed by atoms with Crippen molar-refractivity contribution in [3.8, 4) is 0 Å². The quantitative estimate of drug-likeness (QED) is 0.923. The van der Waals surface area contributed by atoms with E-state index in [-0.39, 0.29) is 18.6 Å². The number of hydrogen-bond donors (Lipinski definition) is 1.